The van der Waals surface area contributed by atoms with E-state index >= 15 is 0 Å². The minimum absolute atomic E-state index is 0. The summed E-state index contributed by atoms with van der Waals surface area (Å²) < 4.78 is 0. The number of hydrogen-bond donors (Lipinski definition) is 2. The first-order valence-corrected chi connectivity index (χ1v) is 4.35. The normalized spacial score (nSPS) is 9.00. The van der Waals surface area contributed by atoms with Crippen molar-refractivity contribution in [3.05, 3.63) is 29.8 Å². The van der Waals surface area contributed by atoms with Gasteiger partial charge in [0.15, 0.2) is 0 Å². The molecule has 0 fully saturated rings. The van der Waals surface area contributed by atoms with E-state index in [-0.39, 0.29) is 24.9 Å². The van der Waals surface area contributed by atoms with Crippen molar-refractivity contribution >= 4 is 24.0 Å². The molecule has 14 heavy (non-hydrogen) atoms. The molecule has 0 aliphatic rings. The van der Waals surface area contributed by atoms with Gasteiger partial charge in [-0.15, -0.1) is 12.4 Å². The molecule has 0 saturated carbocycles. The first-order valence-electron chi connectivity index (χ1n) is 4.35. The third-order valence-corrected chi connectivity index (χ3v) is 1.86. The average Bonchev–Trinajstić information content (AvgIpc) is 2.18. The van der Waals surface area contributed by atoms with Crippen LogP contribution in [0.1, 0.15) is 12.5 Å². The van der Waals surface area contributed by atoms with Gasteiger partial charge in [0.05, 0.1) is 6.54 Å². The standard InChI is InChI=1S/C10H14N2O.ClH/c1-2-8-5-3-4-6-9(8)12-10(13)7-11;/h3-6H,2,7,11H2,1H3,(H,12,13);1H. The largest absolute Gasteiger partial charge is 0.325 e. The summed E-state index contributed by atoms with van der Waals surface area (Å²) in [5.41, 5.74) is 7.19. The Labute approximate surface area is 90.1 Å². The topological polar surface area (TPSA) is 55.1 Å². The molecule has 78 valence electrons. The maximum absolute atomic E-state index is 11.0. The summed E-state index contributed by atoms with van der Waals surface area (Å²) in [6, 6.07) is 7.72. The van der Waals surface area contributed by atoms with Gasteiger partial charge in [-0.25, -0.2) is 0 Å². The molecule has 1 aromatic carbocycles. The van der Waals surface area contributed by atoms with Crippen molar-refractivity contribution < 1.29 is 4.79 Å². The summed E-state index contributed by atoms with van der Waals surface area (Å²) >= 11 is 0. The summed E-state index contributed by atoms with van der Waals surface area (Å²) in [5.74, 6) is -0.152. The number of para-hydroxylation sites is 1. The van der Waals surface area contributed by atoms with Crippen LogP contribution in [0.3, 0.4) is 0 Å². The molecule has 1 rings (SSSR count). The number of carbonyl (C=O) groups is 1. The van der Waals surface area contributed by atoms with Crippen LogP contribution in [0.2, 0.25) is 0 Å². The van der Waals surface area contributed by atoms with Gasteiger partial charge in [-0.05, 0) is 18.1 Å². The van der Waals surface area contributed by atoms with Crippen LogP contribution in [0, 0.1) is 0 Å². The van der Waals surface area contributed by atoms with Crippen molar-refractivity contribution in [3.8, 4) is 0 Å². The minimum Gasteiger partial charge on any atom is -0.325 e. The van der Waals surface area contributed by atoms with Crippen LogP contribution in [0.25, 0.3) is 0 Å². The van der Waals surface area contributed by atoms with E-state index in [0.717, 1.165) is 17.7 Å². The van der Waals surface area contributed by atoms with Crippen LogP contribution in [0.4, 0.5) is 5.69 Å². The van der Waals surface area contributed by atoms with Gasteiger partial charge in [-0.2, -0.15) is 0 Å². The summed E-state index contributed by atoms with van der Waals surface area (Å²) in [6.07, 6.45) is 0.904. The summed E-state index contributed by atoms with van der Waals surface area (Å²) in [5, 5.41) is 2.75. The van der Waals surface area contributed by atoms with Gasteiger partial charge >= 0.3 is 0 Å². The Morgan fingerprint density at radius 1 is 1.43 bits per heavy atom. The molecule has 0 saturated heterocycles. The highest BCUT2D eigenvalue weighted by atomic mass is 35.5. The Bertz CT molecular complexity index is 302. The van der Waals surface area contributed by atoms with Gasteiger partial charge in [-0.3, -0.25) is 4.79 Å². The fourth-order valence-corrected chi connectivity index (χ4v) is 1.15. The van der Waals surface area contributed by atoms with E-state index < -0.39 is 0 Å². The van der Waals surface area contributed by atoms with Crippen LogP contribution in [-0.2, 0) is 11.2 Å². The van der Waals surface area contributed by atoms with E-state index in [2.05, 4.69) is 5.32 Å². The lowest BCUT2D eigenvalue weighted by Crippen LogP contribution is -2.22. The van der Waals surface area contributed by atoms with Crippen LogP contribution in [0.15, 0.2) is 24.3 Å². The van der Waals surface area contributed by atoms with E-state index in [1.165, 1.54) is 0 Å². The Kier molecular flexibility index (Phi) is 5.92. The van der Waals surface area contributed by atoms with Crippen molar-refractivity contribution in [3.63, 3.8) is 0 Å². The van der Waals surface area contributed by atoms with E-state index in [1.807, 2.05) is 31.2 Å². The fraction of sp³-hybridized carbons (Fsp3) is 0.300. The van der Waals surface area contributed by atoms with E-state index in [0.29, 0.717) is 0 Å². The number of rotatable bonds is 3. The average molecular weight is 215 g/mol. The number of nitrogens with two attached hydrogens (primary N) is 1. The van der Waals surface area contributed by atoms with Crippen LogP contribution in [0.5, 0.6) is 0 Å². The molecule has 1 aromatic rings. The molecule has 1 amide bonds. The Morgan fingerprint density at radius 2 is 2.07 bits per heavy atom. The second-order valence-electron chi connectivity index (χ2n) is 2.76. The lowest BCUT2D eigenvalue weighted by molar-refractivity contribution is -0.114. The lowest BCUT2D eigenvalue weighted by atomic mass is 10.1. The number of amides is 1. The molecular formula is C10H15ClN2O. The van der Waals surface area contributed by atoms with Crippen molar-refractivity contribution in [2.45, 2.75) is 13.3 Å². The van der Waals surface area contributed by atoms with Gasteiger partial charge in [-0.1, -0.05) is 25.1 Å². The lowest BCUT2D eigenvalue weighted by Gasteiger charge is -2.07. The second-order valence-corrected chi connectivity index (χ2v) is 2.76. The number of anilines is 1. The zero-order valence-corrected chi connectivity index (χ0v) is 8.93. The SMILES string of the molecule is CCc1ccccc1NC(=O)CN.Cl. The molecule has 0 bridgehead atoms. The van der Waals surface area contributed by atoms with Crippen molar-refractivity contribution in [2.75, 3.05) is 11.9 Å². The van der Waals surface area contributed by atoms with Crippen molar-refractivity contribution in [1.29, 1.82) is 0 Å². The van der Waals surface area contributed by atoms with Crippen molar-refractivity contribution in [1.82, 2.24) is 0 Å². The van der Waals surface area contributed by atoms with Crippen LogP contribution >= 0.6 is 12.4 Å². The summed E-state index contributed by atoms with van der Waals surface area (Å²) in [4.78, 5) is 11.0. The first-order chi connectivity index (χ1) is 6.27. The molecule has 0 unspecified atom stereocenters. The van der Waals surface area contributed by atoms with Gasteiger partial charge in [0.25, 0.3) is 0 Å². The zero-order chi connectivity index (χ0) is 9.68. The minimum atomic E-state index is -0.152. The predicted molar refractivity (Wildman–Crippen MR) is 60.8 cm³/mol. The number of carbonyl (C=O) groups excluding carboxylic acids is 1. The highest BCUT2D eigenvalue weighted by molar-refractivity contribution is 5.92. The highest BCUT2D eigenvalue weighted by Gasteiger charge is 2.02. The molecule has 3 N–H and O–H groups in total. The van der Waals surface area contributed by atoms with Gasteiger partial charge < -0.3 is 11.1 Å². The van der Waals surface area contributed by atoms with Gasteiger partial charge in [0.2, 0.25) is 5.91 Å². The monoisotopic (exact) mass is 214 g/mol. The fourth-order valence-electron chi connectivity index (χ4n) is 1.15. The molecule has 0 aliphatic heterocycles. The number of halogens is 1. The Hall–Kier alpha value is -1.06. The van der Waals surface area contributed by atoms with Crippen LogP contribution < -0.4 is 11.1 Å². The molecule has 0 radical (unpaired) electrons. The molecule has 0 aliphatic carbocycles. The third kappa shape index (κ3) is 3.36. The molecule has 0 aromatic heterocycles. The number of benzene rings is 1. The van der Waals surface area contributed by atoms with Gasteiger partial charge in [0, 0.05) is 5.69 Å². The summed E-state index contributed by atoms with van der Waals surface area (Å²) in [7, 11) is 0. The number of aryl methyl sites for hydroxylation is 1. The van der Waals surface area contributed by atoms with E-state index in [4.69, 9.17) is 5.73 Å². The van der Waals surface area contributed by atoms with E-state index in [1.54, 1.807) is 0 Å². The summed E-state index contributed by atoms with van der Waals surface area (Å²) in [6.45, 7) is 2.07. The zero-order valence-electron chi connectivity index (χ0n) is 8.12. The number of nitrogens with one attached hydrogen (secondary N) is 1. The maximum Gasteiger partial charge on any atom is 0.238 e. The molecular weight excluding hydrogens is 200 g/mol. The molecule has 4 heteroatoms. The van der Waals surface area contributed by atoms with Crippen molar-refractivity contribution in [2.24, 2.45) is 5.73 Å². The third-order valence-electron chi connectivity index (χ3n) is 1.86. The Morgan fingerprint density at radius 3 is 2.64 bits per heavy atom. The molecule has 3 nitrogen and oxygen atoms in total. The second kappa shape index (κ2) is 6.40. The molecule has 0 spiro atoms. The highest BCUT2D eigenvalue weighted by Crippen LogP contribution is 2.14. The quantitative estimate of drug-likeness (QED) is 0.803. The molecule has 0 atom stereocenters. The first kappa shape index (κ1) is 12.9. The van der Waals surface area contributed by atoms with Gasteiger partial charge in [0.1, 0.15) is 0 Å². The number of hydrogen-bond acceptors (Lipinski definition) is 2. The smallest absolute Gasteiger partial charge is 0.238 e. The maximum atomic E-state index is 11.0. The Balaban J connectivity index is 0.00000169. The van der Waals surface area contributed by atoms with Crippen LogP contribution in [-0.4, -0.2) is 12.5 Å². The molecule has 0 heterocycles. The van der Waals surface area contributed by atoms with E-state index in [9.17, 15) is 4.79 Å². The predicted octanol–water partition coefficient (Wildman–Crippen LogP) is 1.57.